The minimum Gasteiger partial charge on any atom is -0.383 e. The Hall–Kier alpha value is -0.943. The SMILES string of the molecule is C[Si](C)(C)C#C/C=C\OS(=O)(=O)C(F)(F)F. The molecular formula is C8H11F3O3SSi. The second-order valence-electron chi connectivity index (χ2n) is 3.82. The number of alkyl halides is 3. The third-order valence-electron chi connectivity index (χ3n) is 1.06. The number of hydrogen-bond donors (Lipinski definition) is 0. The second kappa shape index (κ2) is 4.93. The zero-order valence-corrected chi connectivity index (χ0v) is 10.7. The zero-order valence-electron chi connectivity index (χ0n) is 8.92. The Kier molecular flexibility index (Phi) is 4.64. The van der Waals surface area contributed by atoms with Crippen molar-refractivity contribution in [1.29, 1.82) is 0 Å². The second-order valence-corrected chi connectivity index (χ2v) is 10.1. The van der Waals surface area contributed by atoms with Crippen LogP contribution in [-0.4, -0.2) is 22.0 Å². The summed E-state index contributed by atoms with van der Waals surface area (Å²) in [4.78, 5) is 0. The van der Waals surface area contributed by atoms with Gasteiger partial charge in [-0.1, -0.05) is 25.6 Å². The number of rotatable bonds is 2. The van der Waals surface area contributed by atoms with Gasteiger partial charge in [-0.25, -0.2) is 0 Å². The van der Waals surface area contributed by atoms with Crippen molar-refractivity contribution >= 4 is 18.2 Å². The maximum absolute atomic E-state index is 11.8. The Balaban J connectivity index is 4.49. The number of halogens is 3. The lowest BCUT2D eigenvalue weighted by atomic mass is 10.7. The van der Waals surface area contributed by atoms with Crippen LogP contribution in [0, 0.1) is 11.5 Å². The molecule has 8 heteroatoms. The summed E-state index contributed by atoms with van der Waals surface area (Å²) in [6.45, 7) is 5.80. The van der Waals surface area contributed by atoms with Gasteiger partial charge in [0.05, 0.1) is 0 Å². The van der Waals surface area contributed by atoms with Gasteiger partial charge in [0.2, 0.25) is 0 Å². The topological polar surface area (TPSA) is 43.4 Å². The highest BCUT2D eigenvalue weighted by Crippen LogP contribution is 2.24. The van der Waals surface area contributed by atoms with Gasteiger partial charge in [0, 0.05) is 6.08 Å². The van der Waals surface area contributed by atoms with E-state index in [1.54, 1.807) is 0 Å². The fraction of sp³-hybridized carbons (Fsp3) is 0.500. The van der Waals surface area contributed by atoms with Crippen LogP contribution in [0.1, 0.15) is 0 Å². The predicted molar refractivity (Wildman–Crippen MR) is 56.3 cm³/mol. The van der Waals surface area contributed by atoms with E-state index in [-0.39, 0.29) is 0 Å². The zero-order chi connectivity index (χ0) is 13.0. The first-order valence-corrected chi connectivity index (χ1v) is 9.04. The lowest BCUT2D eigenvalue weighted by Crippen LogP contribution is -2.23. The van der Waals surface area contributed by atoms with Crippen LogP contribution in [-0.2, 0) is 14.3 Å². The van der Waals surface area contributed by atoms with Crippen molar-refractivity contribution in [3.63, 3.8) is 0 Å². The predicted octanol–water partition coefficient (Wildman–Crippen LogP) is 2.25. The highest BCUT2D eigenvalue weighted by molar-refractivity contribution is 7.87. The molecule has 0 aliphatic carbocycles. The molecule has 0 aliphatic heterocycles. The molecule has 0 bridgehead atoms. The molecule has 92 valence electrons. The Bertz CT molecular complexity index is 420. The van der Waals surface area contributed by atoms with Crippen molar-refractivity contribution < 1.29 is 25.8 Å². The van der Waals surface area contributed by atoms with Gasteiger partial charge < -0.3 is 4.18 Å². The monoisotopic (exact) mass is 272 g/mol. The molecule has 0 aromatic heterocycles. The first-order chi connectivity index (χ1) is 6.96. The van der Waals surface area contributed by atoms with E-state index in [2.05, 4.69) is 15.6 Å². The molecule has 0 radical (unpaired) electrons. The number of hydrogen-bond acceptors (Lipinski definition) is 3. The minimum absolute atomic E-state index is 0.413. The van der Waals surface area contributed by atoms with Gasteiger partial charge in [-0.3, -0.25) is 0 Å². The summed E-state index contributed by atoms with van der Waals surface area (Å²) in [7, 11) is -7.19. The first kappa shape index (κ1) is 15.1. The van der Waals surface area contributed by atoms with Crippen molar-refractivity contribution in [2.45, 2.75) is 25.1 Å². The summed E-state index contributed by atoms with van der Waals surface area (Å²) in [6.07, 6.45) is 1.34. The van der Waals surface area contributed by atoms with Crippen LogP contribution >= 0.6 is 0 Å². The third-order valence-corrected chi connectivity index (χ3v) is 2.89. The molecule has 0 fully saturated rings. The average Bonchev–Trinajstić information content (AvgIpc) is 1.98. The third kappa shape index (κ3) is 5.82. The molecule has 0 rings (SSSR count). The maximum atomic E-state index is 11.8. The Morgan fingerprint density at radius 1 is 1.25 bits per heavy atom. The summed E-state index contributed by atoms with van der Waals surface area (Å²) < 4.78 is 59.6. The Morgan fingerprint density at radius 2 is 1.75 bits per heavy atom. The molecule has 0 N–H and O–H groups in total. The molecule has 0 aliphatic rings. The molecule has 0 amide bonds. The lowest BCUT2D eigenvalue weighted by Gasteiger charge is -2.05. The van der Waals surface area contributed by atoms with Crippen molar-refractivity contribution in [2.24, 2.45) is 0 Å². The van der Waals surface area contributed by atoms with Gasteiger partial charge >= 0.3 is 15.6 Å². The lowest BCUT2D eigenvalue weighted by molar-refractivity contribution is -0.0514. The van der Waals surface area contributed by atoms with Crippen molar-refractivity contribution in [3.05, 3.63) is 12.3 Å². The van der Waals surface area contributed by atoms with Gasteiger partial charge in [-0.2, -0.15) is 21.6 Å². The molecule has 0 spiro atoms. The summed E-state index contributed by atoms with van der Waals surface area (Å²) >= 11 is 0. The van der Waals surface area contributed by atoms with Crippen LogP contribution in [0.4, 0.5) is 13.2 Å². The fourth-order valence-corrected chi connectivity index (χ4v) is 1.27. The molecule has 0 heterocycles. The fourth-order valence-electron chi connectivity index (χ4n) is 0.448. The normalized spacial score (nSPS) is 13.4. The van der Waals surface area contributed by atoms with E-state index < -0.39 is 23.7 Å². The van der Waals surface area contributed by atoms with Gasteiger partial charge in [0.15, 0.2) is 0 Å². The maximum Gasteiger partial charge on any atom is 0.534 e. The van der Waals surface area contributed by atoms with Gasteiger partial charge in [-0.05, 0) is 0 Å². The van der Waals surface area contributed by atoms with Crippen molar-refractivity contribution in [1.82, 2.24) is 0 Å². The van der Waals surface area contributed by atoms with Gasteiger partial charge in [0.25, 0.3) is 0 Å². The molecular weight excluding hydrogens is 261 g/mol. The standard InChI is InChI=1S/C8H11F3O3SSi/c1-16(2,3)7-5-4-6-14-15(12,13)8(9,10)11/h4,6H,1-3H3/b6-4-. The van der Waals surface area contributed by atoms with E-state index in [9.17, 15) is 21.6 Å². The molecule has 0 saturated carbocycles. The van der Waals surface area contributed by atoms with Crippen LogP contribution in [0.15, 0.2) is 12.3 Å². The van der Waals surface area contributed by atoms with Crippen LogP contribution in [0.25, 0.3) is 0 Å². The van der Waals surface area contributed by atoms with Crippen molar-refractivity contribution in [3.8, 4) is 11.5 Å². The summed E-state index contributed by atoms with van der Waals surface area (Å²) in [5.74, 6) is 2.42. The minimum atomic E-state index is -5.56. The smallest absolute Gasteiger partial charge is 0.383 e. The quantitative estimate of drug-likeness (QED) is 0.254. The van der Waals surface area contributed by atoms with E-state index in [4.69, 9.17) is 0 Å². The average molecular weight is 272 g/mol. The van der Waals surface area contributed by atoms with E-state index in [0.717, 1.165) is 6.08 Å². The van der Waals surface area contributed by atoms with Crippen molar-refractivity contribution in [2.75, 3.05) is 0 Å². The van der Waals surface area contributed by atoms with Crippen LogP contribution in [0.5, 0.6) is 0 Å². The molecule has 0 atom stereocenters. The van der Waals surface area contributed by atoms with E-state index in [1.807, 2.05) is 19.6 Å². The molecule has 3 nitrogen and oxygen atoms in total. The summed E-state index contributed by atoms with van der Waals surface area (Å²) in [5.41, 5.74) is -2.62. The first-order valence-electron chi connectivity index (χ1n) is 4.13. The van der Waals surface area contributed by atoms with Crippen LogP contribution in [0.3, 0.4) is 0 Å². The van der Waals surface area contributed by atoms with Crippen LogP contribution < -0.4 is 0 Å². The summed E-state index contributed by atoms with van der Waals surface area (Å²) in [6, 6.07) is 0. The molecule has 0 saturated heterocycles. The van der Waals surface area contributed by atoms with E-state index in [1.165, 1.54) is 0 Å². The molecule has 16 heavy (non-hydrogen) atoms. The van der Waals surface area contributed by atoms with Crippen LogP contribution in [0.2, 0.25) is 19.6 Å². The summed E-state index contributed by atoms with van der Waals surface area (Å²) in [5, 5.41) is 0. The highest BCUT2D eigenvalue weighted by atomic mass is 32.2. The molecule has 0 aromatic rings. The largest absolute Gasteiger partial charge is 0.534 e. The molecule has 0 aromatic carbocycles. The Morgan fingerprint density at radius 3 is 2.12 bits per heavy atom. The number of allylic oxidation sites excluding steroid dienone is 1. The van der Waals surface area contributed by atoms with Gasteiger partial charge in [0.1, 0.15) is 14.3 Å². The van der Waals surface area contributed by atoms with Gasteiger partial charge in [-0.15, -0.1) is 5.54 Å². The highest BCUT2D eigenvalue weighted by Gasteiger charge is 2.47. The van der Waals surface area contributed by atoms with E-state index >= 15 is 0 Å². The Labute approximate surface area is 93.4 Å². The molecule has 0 unspecified atom stereocenters. The van der Waals surface area contributed by atoms with E-state index in [0.29, 0.717) is 6.26 Å².